The minimum Gasteiger partial charge on any atom is -0.395 e. The first kappa shape index (κ1) is 21.9. The summed E-state index contributed by atoms with van der Waals surface area (Å²) in [5.74, 6) is 0. The molecule has 0 aromatic rings. The van der Waals surface area contributed by atoms with Gasteiger partial charge in [0.15, 0.2) is 0 Å². The van der Waals surface area contributed by atoms with E-state index in [0.717, 1.165) is 0 Å². The van der Waals surface area contributed by atoms with E-state index in [-0.39, 0.29) is 19.8 Å². The van der Waals surface area contributed by atoms with E-state index in [1.54, 1.807) is 26.2 Å². The molecule has 0 radical (unpaired) electrons. The van der Waals surface area contributed by atoms with Crippen molar-refractivity contribution in [3.63, 3.8) is 0 Å². The second-order valence-corrected chi connectivity index (χ2v) is 7.97. The molecule has 0 fully saturated rings. The summed E-state index contributed by atoms with van der Waals surface area (Å²) in [5, 5.41) is 27.7. The Morgan fingerprint density at radius 1 is 1.00 bits per heavy atom. The number of aliphatic hydroxyl groups is 3. The molecule has 0 rings (SSSR count). The van der Waals surface area contributed by atoms with E-state index in [0.29, 0.717) is 38.7 Å². The third kappa shape index (κ3) is 9.13. The van der Waals surface area contributed by atoms with Gasteiger partial charge in [-0.2, -0.15) is 0 Å². The van der Waals surface area contributed by atoms with Gasteiger partial charge in [0.1, 0.15) is 0 Å². The molecule has 0 saturated carbocycles. The summed E-state index contributed by atoms with van der Waals surface area (Å²) in [4.78, 5) is 1.78. The average molecular weight is 341 g/mol. The molecule has 134 valence electrons. The predicted molar refractivity (Wildman–Crippen MR) is 83.6 cm³/mol. The van der Waals surface area contributed by atoms with Gasteiger partial charge >= 0.3 is 8.80 Å². The van der Waals surface area contributed by atoms with Gasteiger partial charge in [-0.05, 0) is 6.42 Å². The lowest BCUT2D eigenvalue weighted by molar-refractivity contribution is 0.0105. The van der Waals surface area contributed by atoms with E-state index in [1.807, 2.05) is 0 Å². The van der Waals surface area contributed by atoms with Crippen molar-refractivity contribution in [2.24, 2.45) is 0 Å². The van der Waals surface area contributed by atoms with Gasteiger partial charge in [0.25, 0.3) is 0 Å². The molecule has 0 bridgehead atoms. The first-order valence-electron chi connectivity index (χ1n) is 7.42. The standard InChI is InChI=1S/C13H31NO7Si/c1-18-22(19-2,20-3)10-4-9-21-12-13(17)11-14(5-7-15)6-8-16/h13,15-17H,4-12H2,1-3H3. The Balaban J connectivity index is 3.85. The quantitative estimate of drug-likeness (QED) is 0.255. The molecule has 0 aromatic heterocycles. The Hall–Kier alpha value is -0.103. The van der Waals surface area contributed by atoms with Crippen LogP contribution in [-0.2, 0) is 18.0 Å². The highest BCUT2D eigenvalue weighted by molar-refractivity contribution is 6.60. The molecule has 0 aliphatic carbocycles. The zero-order valence-corrected chi connectivity index (χ0v) is 14.9. The highest BCUT2D eigenvalue weighted by atomic mass is 28.4. The molecule has 9 heteroatoms. The molecule has 1 unspecified atom stereocenters. The van der Waals surface area contributed by atoms with Crippen LogP contribution in [0.2, 0.25) is 6.04 Å². The van der Waals surface area contributed by atoms with Crippen LogP contribution in [-0.4, -0.2) is 103 Å². The molecule has 22 heavy (non-hydrogen) atoms. The van der Waals surface area contributed by atoms with Crippen molar-refractivity contribution < 1.29 is 33.3 Å². The minimum atomic E-state index is -2.55. The van der Waals surface area contributed by atoms with Gasteiger partial charge in [0, 0.05) is 53.6 Å². The van der Waals surface area contributed by atoms with Gasteiger partial charge in [-0.1, -0.05) is 0 Å². The molecule has 0 aliphatic rings. The summed E-state index contributed by atoms with van der Waals surface area (Å²) in [6.07, 6.45) is 0.0539. The fraction of sp³-hybridized carbons (Fsp3) is 1.00. The normalized spacial score (nSPS) is 13.8. The van der Waals surface area contributed by atoms with Gasteiger partial charge in [-0.25, -0.2) is 0 Å². The second-order valence-electron chi connectivity index (χ2n) is 4.88. The lowest BCUT2D eigenvalue weighted by atomic mass is 10.3. The van der Waals surface area contributed by atoms with Crippen molar-refractivity contribution in [3.8, 4) is 0 Å². The van der Waals surface area contributed by atoms with Gasteiger partial charge in [0.2, 0.25) is 0 Å². The molecule has 0 aromatic carbocycles. The maximum atomic E-state index is 9.88. The number of aliphatic hydroxyl groups excluding tert-OH is 3. The van der Waals surface area contributed by atoms with E-state index in [9.17, 15) is 5.11 Å². The van der Waals surface area contributed by atoms with Crippen LogP contribution in [0.5, 0.6) is 0 Å². The maximum Gasteiger partial charge on any atom is 0.500 e. The third-order valence-corrected chi connectivity index (χ3v) is 6.15. The molecule has 0 aliphatic heterocycles. The van der Waals surface area contributed by atoms with Crippen molar-refractivity contribution >= 4 is 8.80 Å². The molecule has 0 amide bonds. The van der Waals surface area contributed by atoms with Crippen LogP contribution in [0.15, 0.2) is 0 Å². The van der Waals surface area contributed by atoms with Crippen LogP contribution in [0.3, 0.4) is 0 Å². The summed E-state index contributed by atoms with van der Waals surface area (Å²) in [5.41, 5.74) is 0. The number of nitrogens with zero attached hydrogens (tertiary/aromatic N) is 1. The minimum absolute atomic E-state index is 0.00859. The largest absolute Gasteiger partial charge is 0.500 e. The Bertz CT molecular complexity index is 242. The highest BCUT2D eigenvalue weighted by Crippen LogP contribution is 2.14. The van der Waals surface area contributed by atoms with E-state index >= 15 is 0 Å². The molecule has 3 N–H and O–H groups in total. The molecular formula is C13H31NO7Si. The zero-order chi connectivity index (χ0) is 16.8. The molecule has 0 heterocycles. The van der Waals surface area contributed by atoms with E-state index in [4.69, 9.17) is 28.2 Å². The zero-order valence-electron chi connectivity index (χ0n) is 13.9. The molecule has 8 nitrogen and oxygen atoms in total. The Labute approximate surface area is 133 Å². The van der Waals surface area contributed by atoms with Crippen LogP contribution in [0.4, 0.5) is 0 Å². The SMILES string of the molecule is CO[Si](CCCOCC(O)CN(CCO)CCO)(OC)OC. The number of ether oxygens (including phenoxy) is 1. The molecule has 0 spiro atoms. The van der Waals surface area contributed by atoms with Crippen molar-refractivity contribution in [2.75, 3.05) is 67.4 Å². The van der Waals surface area contributed by atoms with Crippen LogP contribution < -0.4 is 0 Å². The first-order chi connectivity index (χ1) is 10.6. The van der Waals surface area contributed by atoms with Crippen molar-refractivity contribution in [3.05, 3.63) is 0 Å². The summed E-state index contributed by atoms with van der Waals surface area (Å²) < 4.78 is 21.4. The molecule has 1 atom stereocenters. The second kappa shape index (κ2) is 13.3. The van der Waals surface area contributed by atoms with Gasteiger partial charge in [-0.15, -0.1) is 0 Å². The van der Waals surface area contributed by atoms with E-state index < -0.39 is 14.9 Å². The average Bonchev–Trinajstić information content (AvgIpc) is 2.52. The van der Waals surface area contributed by atoms with Crippen molar-refractivity contribution in [1.29, 1.82) is 0 Å². The number of rotatable bonds is 15. The van der Waals surface area contributed by atoms with Gasteiger partial charge < -0.3 is 33.3 Å². The fourth-order valence-corrected chi connectivity index (χ4v) is 3.78. The summed E-state index contributed by atoms with van der Waals surface area (Å²) in [6, 6.07) is 0.647. The number of hydrogen-bond acceptors (Lipinski definition) is 8. The topological polar surface area (TPSA) is 101 Å². The van der Waals surface area contributed by atoms with Gasteiger partial charge in [-0.3, -0.25) is 4.90 Å². The van der Waals surface area contributed by atoms with Crippen molar-refractivity contribution in [2.45, 2.75) is 18.6 Å². The van der Waals surface area contributed by atoms with E-state index in [2.05, 4.69) is 0 Å². The molecular weight excluding hydrogens is 310 g/mol. The maximum absolute atomic E-state index is 9.88. The lowest BCUT2D eigenvalue weighted by Crippen LogP contribution is -2.42. The van der Waals surface area contributed by atoms with Gasteiger partial charge in [0.05, 0.1) is 25.9 Å². The monoisotopic (exact) mass is 341 g/mol. The Morgan fingerprint density at radius 3 is 2.00 bits per heavy atom. The summed E-state index contributed by atoms with van der Waals surface area (Å²) >= 11 is 0. The van der Waals surface area contributed by atoms with Crippen LogP contribution in [0, 0.1) is 0 Å². The Kier molecular flexibility index (Phi) is 13.3. The number of hydrogen-bond donors (Lipinski definition) is 3. The summed E-state index contributed by atoms with van der Waals surface area (Å²) in [6.45, 7) is 1.85. The van der Waals surface area contributed by atoms with Crippen molar-refractivity contribution in [1.82, 2.24) is 4.90 Å². The van der Waals surface area contributed by atoms with Crippen LogP contribution in [0.1, 0.15) is 6.42 Å². The third-order valence-electron chi connectivity index (χ3n) is 3.32. The lowest BCUT2D eigenvalue weighted by Gasteiger charge is -2.25. The fourth-order valence-electron chi connectivity index (χ4n) is 2.09. The van der Waals surface area contributed by atoms with E-state index in [1.165, 1.54) is 0 Å². The Morgan fingerprint density at radius 2 is 1.55 bits per heavy atom. The highest BCUT2D eigenvalue weighted by Gasteiger charge is 2.36. The first-order valence-corrected chi connectivity index (χ1v) is 9.36. The van der Waals surface area contributed by atoms with Crippen LogP contribution in [0.25, 0.3) is 0 Å². The smallest absolute Gasteiger partial charge is 0.395 e. The molecule has 0 saturated heterocycles. The predicted octanol–water partition coefficient (Wildman–Crippen LogP) is -1.08. The van der Waals surface area contributed by atoms with Crippen LogP contribution >= 0.6 is 0 Å². The summed E-state index contributed by atoms with van der Waals surface area (Å²) in [7, 11) is 2.16.